The van der Waals surface area contributed by atoms with E-state index < -0.39 is 12.1 Å². The summed E-state index contributed by atoms with van der Waals surface area (Å²) < 4.78 is 10.00. The Bertz CT molecular complexity index is 566. The lowest BCUT2D eigenvalue weighted by Crippen LogP contribution is -2.37. The van der Waals surface area contributed by atoms with E-state index in [-0.39, 0.29) is 18.6 Å². The van der Waals surface area contributed by atoms with Crippen LogP contribution in [0, 0.1) is 0 Å². The Morgan fingerprint density at radius 2 is 2.04 bits per heavy atom. The highest BCUT2D eigenvalue weighted by Crippen LogP contribution is 2.18. The second-order valence-corrected chi connectivity index (χ2v) is 5.20. The van der Waals surface area contributed by atoms with Gasteiger partial charge in [-0.1, -0.05) is 5.16 Å². The number of rotatable bonds is 8. The molecule has 0 aliphatic heterocycles. The summed E-state index contributed by atoms with van der Waals surface area (Å²) in [5.74, 6) is -0.192. The summed E-state index contributed by atoms with van der Waals surface area (Å²) in [4.78, 5) is 28.0. The summed E-state index contributed by atoms with van der Waals surface area (Å²) in [6, 6.07) is 7.41. The number of nitrogens with zero attached hydrogens (tertiary/aromatic N) is 1. The lowest BCUT2D eigenvalue weighted by molar-refractivity contribution is -0.159. The number of hydrogen-bond donors (Lipinski definition) is 1. The number of ether oxygens (including phenoxy) is 2. The molecule has 23 heavy (non-hydrogen) atoms. The van der Waals surface area contributed by atoms with Crippen LogP contribution in [0.25, 0.3) is 0 Å². The zero-order valence-electron chi connectivity index (χ0n) is 13.2. The van der Waals surface area contributed by atoms with Gasteiger partial charge in [0.15, 0.2) is 6.10 Å². The van der Waals surface area contributed by atoms with Gasteiger partial charge in [-0.2, -0.15) is 0 Å². The molecule has 0 unspecified atom stereocenters. The molecule has 0 spiro atoms. The number of hydrogen-bond acceptors (Lipinski definition) is 6. The van der Waals surface area contributed by atoms with Gasteiger partial charge in [-0.05, 0) is 49.6 Å². The highest BCUT2D eigenvalue weighted by atomic mass is 16.7. The van der Waals surface area contributed by atoms with E-state index in [2.05, 4.69) is 10.5 Å². The molecular weight excluding hydrogens is 300 g/mol. The molecular formula is C16H20N2O5. The molecule has 1 aromatic carbocycles. The first kappa shape index (κ1) is 16.8. The monoisotopic (exact) mass is 320 g/mol. The van der Waals surface area contributed by atoms with Crippen LogP contribution in [0.15, 0.2) is 29.4 Å². The van der Waals surface area contributed by atoms with Crippen molar-refractivity contribution in [3.63, 3.8) is 0 Å². The van der Waals surface area contributed by atoms with Crippen molar-refractivity contribution in [1.29, 1.82) is 0 Å². The molecule has 1 amide bonds. The first-order chi connectivity index (χ1) is 11.1. The van der Waals surface area contributed by atoms with E-state index in [1.807, 2.05) is 0 Å². The molecule has 124 valence electrons. The fourth-order valence-corrected chi connectivity index (χ4v) is 1.71. The number of carbonyl (C=O) groups is 2. The minimum Gasteiger partial charge on any atom is -0.497 e. The van der Waals surface area contributed by atoms with Gasteiger partial charge in [0.2, 0.25) is 6.61 Å². The fraction of sp³-hybridized carbons (Fsp3) is 0.438. The maximum Gasteiger partial charge on any atom is 0.347 e. The molecule has 2 rings (SSSR count). The molecule has 7 nitrogen and oxygen atoms in total. The lowest BCUT2D eigenvalue weighted by atomic mass is 10.2. The van der Waals surface area contributed by atoms with Crippen molar-refractivity contribution in [2.45, 2.75) is 31.9 Å². The summed E-state index contributed by atoms with van der Waals surface area (Å²) in [5, 5.41) is 6.44. The third-order valence-corrected chi connectivity index (χ3v) is 3.18. The van der Waals surface area contributed by atoms with E-state index in [9.17, 15) is 9.59 Å². The zero-order chi connectivity index (χ0) is 16.7. The first-order valence-electron chi connectivity index (χ1n) is 7.37. The van der Waals surface area contributed by atoms with Gasteiger partial charge in [0.05, 0.1) is 13.3 Å². The highest BCUT2D eigenvalue weighted by Gasteiger charge is 2.27. The molecule has 1 N–H and O–H groups in total. The van der Waals surface area contributed by atoms with Crippen LogP contribution in [0.2, 0.25) is 0 Å². The van der Waals surface area contributed by atoms with E-state index in [4.69, 9.17) is 14.3 Å². The van der Waals surface area contributed by atoms with Crippen molar-refractivity contribution < 1.29 is 23.9 Å². The number of methoxy groups -OCH3 is 1. The number of oxime groups is 1. The lowest BCUT2D eigenvalue weighted by Gasteiger charge is -2.12. The quantitative estimate of drug-likeness (QED) is 0.443. The van der Waals surface area contributed by atoms with Crippen LogP contribution in [0.4, 0.5) is 0 Å². The van der Waals surface area contributed by atoms with Crippen LogP contribution in [-0.4, -0.2) is 44.0 Å². The van der Waals surface area contributed by atoms with Gasteiger partial charge >= 0.3 is 5.97 Å². The number of benzene rings is 1. The largest absolute Gasteiger partial charge is 0.497 e. The van der Waals surface area contributed by atoms with Crippen molar-refractivity contribution in [2.75, 3.05) is 13.7 Å². The summed E-state index contributed by atoms with van der Waals surface area (Å²) in [7, 11) is 1.59. The van der Waals surface area contributed by atoms with Crippen LogP contribution in [0.3, 0.4) is 0 Å². The van der Waals surface area contributed by atoms with E-state index in [0.717, 1.165) is 24.2 Å². The van der Waals surface area contributed by atoms with Crippen molar-refractivity contribution in [1.82, 2.24) is 5.32 Å². The molecule has 1 aliphatic rings. The van der Waals surface area contributed by atoms with Crippen LogP contribution in [0.1, 0.15) is 25.3 Å². The topological polar surface area (TPSA) is 86.2 Å². The second kappa shape index (κ2) is 8.17. The number of nitrogens with one attached hydrogen (secondary N) is 1. The normalized spacial score (nSPS) is 15.0. The van der Waals surface area contributed by atoms with Crippen molar-refractivity contribution in [2.24, 2.45) is 5.16 Å². The van der Waals surface area contributed by atoms with Crippen LogP contribution >= 0.6 is 0 Å². The number of amides is 1. The van der Waals surface area contributed by atoms with Gasteiger partial charge in [0.25, 0.3) is 5.91 Å². The predicted octanol–water partition coefficient (Wildman–Crippen LogP) is 1.26. The smallest absolute Gasteiger partial charge is 0.347 e. The van der Waals surface area contributed by atoms with E-state index in [1.54, 1.807) is 31.4 Å². The number of carbonyl (C=O) groups excluding carboxylic acids is 2. The van der Waals surface area contributed by atoms with Gasteiger partial charge < -0.3 is 19.6 Å². The molecule has 1 saturated carbocycles. The zero-order valence-corrected chi connectivity index (χ0v) is 13.2. The Morgan fingerprint density at radius 1 is 1.35 bits per heavy atom. The molecule has 1 fully saturated rings. The van der Waals surface area contributed by atoms with Gasteiger partial charge in [0.1, 0.15) is 5.75 Å². The molecule has 0 radical (unpaired) electrons. The summed E-state index contributed by atoms with van der Waals surface area (Å²) in [6.45, 7) is 1.17. The van der Waals surface area contributed by atoms with Gasteiger partial charge in [-0.3, -0.25) is 4.79 Å². The SMILES string of the molecule is COc1ccc(/C=N\OCC(=O)O[C@H](C)C(=O)NC2CC2)cc1. The average molecular weight is 320 g/mol. The molecule has 1 aliphatic carbocycles. The second-order valence-electron chi connectivity index (χ2n) is 5.20. The van der Waals surface area contributed by atoms with Crippen molar-refractivity contribution in [3.8, 4) is 5.75 Å². The Hall–Kier alpha value is -2.57. The molecule has 0 aromatic heterocycles. The molecule has 0 heterocycles. The maximum absolute atomic E-state index is 11.6. The minimum absolute atomic E-state index is 0.231. The average Bonchev–Trinajstić information content (AvgIpc) is 3.36. The third kappa shape index (κ3) is 5.98. The molecule has 0 bridgehead atoms. The molecule has 1 atom stereocenters. The summed E-state index contributed by atoms with van der Waals surface area (Å²) in [6.07, 6.45) is 2.60. The number of esters is 1. The summed E-state index contributed by atoms with van der Waals surface area (Å²) >= 11 is 0. The first-order valence-corrected chi connectivity index (χ1v) is 7.37. The Morgan fingerprint density at radius 3 is 2.65 bits per heavy atom. The van der Waals surface area contributed by atoms with Gasteiger partial charge in [-0.15, -0.1) is 0 Å². The predicted molar refractivity (Wildman–Crippen MR) is 83.3 cm³/mol. The van der Waals surface area contributed by atoms with Gasteiger partial charge in [-0.25, -0.2) is 4.79 Å². The standard InChI is InChI=1S/C16H20N2O5/c1-11(16(20)18-13-5-6-13)23-15(19)10-22-17-9-12-3-7-14(21-2)8-4-12/h3-4,7-9,11,13H,5-6,10H2,1-2H3,(H,18,20)/b17-9-/t11-/m1/s1. The minimum atomic E-state index is -0.836. The fourth-order valence-electron chi connectivity index (χ4n) is 1.71. The third-order valence-electron chi connectivity index (χ3n) is 3.18. The molecule has 7 heteroatoms. The maximum atomic E-state index is 11.6. The van der Waals surface area contributed by atoms with Crippen molar-refractivity contribution >= 4 is 18.1 Å². The van der Waals surface area contributed by atoms with Crippen LogP contribution in [-0.2, 0) is 19.2 Å². The highest BCUT2D eigenvalue weighted by molar-refractivity contribution is 5.84. The van der Waals surface area contributed by atoms with Crippen LogP contribution < -0.4 is 10.1 Å². The van der Waals surface area contributed by atoms with E-state index in [1.165, 1.54) is 13.1 Å². The molecule has 1 aromatic rings. The van der Waals surface area contributed by atoms with E-state index in [0.29, 0.717) is 0 Å². The van der Waals surface area contributed by atoms with E-state index >= 15 is 0 Å². The van der Waals surface area contributed by atoms with Crippen molar-refractivity contribution in [3.05, 3.63) is 29.8 Å². The Labute approximate surface area is 134 Å². The molecule has 0 saturated heterocycles. The Balaban J connectivity index is 1.66. The summed E-state index contributed by atoms with van der Waals surface area (Å²) in [5.41, 5.74) is 0.802. The Kier molecular flexibility index (Phi) is 5.96. The van der Waals surface area contributed by atoms with Gasteiger partial charge in [0, 0.05) is 6.04 Å². The van der Waals surface area contributed by atoms with Crippen LogP contribution in [0.5, 0.6) is 5.75 Å².